The number of piperazine rings is 1. The predicted molar refractivity (Wildman–Crippen MR) is 89.2 cm³/mol. The summed E-state index contributed by atoms with van der Waals surface area (Å²) < 4.78 is 5.46. The minimum Gasteiger partial charge on any atom is -0.495 e. The van der Waals surface area contributed by atoms with Gasteiger partial charge in [-0.05, 0) is 38.1 Å². The van der Waals surface area contributed by atoms with E-state index in [4.69, 9.17) is 10.5 Å². The fourth-order valence-electron chi connectivity index (χ4n) is 2.94. The summed E-state index contributed by atoms with van der Waals surface area (Å²) in [6, 6.07) is 8.31. The smallest absolute Gasteiger partial charge is 0.142 e. The number of anilines is 1. The fraction of sp³-hybridized carbons (Fsp3) is 0.647. The Kier molecular flexibility index (Phi) is 6.83. The molecule has 1 aliphatic heterocycles. The third kappa shape index (κ3) is 4.90. The van der Waals surface area contributed by atoms with Crippen molar-refractivity contribution in [3.8, 4) is 5.75 Å². The quantitative estimate of drug-likeness (QED) is 0.747. The first-order valence-electron chi connectivity index (χ1n) is 8.15. The van der Waals surface area contributed by atoms with Gasteiger partial charge >= 0.3 is 0 Å². The van der Waals surface area contributed by atoms with E-state index < -0.39 is 0 Å². The summed E-state index contributed by atoms with van der Waals surface area (Å²) in [4.78, 5) is 5.01. The molecule has 1 saturated heterocycles. The lowest BCUT2D eigenvalue weighted by molar-refractivity contribution is 0.251. The zero-order valence-electron chi connectivity index (χ0n) is 13.3. The Morgan fingerprint density at radius 1 is 1.00 bits per heavy atom. The van der Waals surface area contributed by atoms with Gasteiger partial charge in [0, 0.05) is 26.2 Å². The predicted octanol–water partition coefficient (Wildman–Crippen LogP) is 2.34. The Bertz CT molecular complexity index is 403. The Hall–Kier alpha value is -1.26. The van der Waals surface area contributed by atoms with Gasteiger partial charge in [0.05, 0.1) is 12.8 Å². The van der Waals surface area contributed by atoms with Crippen molar-refractivity contribution in [2.75, 3.05) is 51.3 Å². The van der Waals surface area contributed by atoms with Crippen molar-refractivity contribution in [2.24, 2.45) is 5.73 Å². The molecule has 0 aliphatic carbocycles. The van der Waals surface area contributed by atoms with Crippen molar-refractivity contribution in [3.63, 3.8) is 0 Å². The van der Waals surface area contributed by atoms with Crippen LogP contribution in [0.3, 0.4) is 0 Å². The first-order valence-corrected chi connectivity index (χ1v) is 8.15. The molecule has 0 bridgehead atoms. The Balaban J connectivity index is 1.73. The topological polar surface area (TPSA) is 41.7 Å². The molecule has 1 aromatic carbocycles. The first-order chi connectivity index (χ1) is 10.3. The summed E-state index contributed by atoms with van der Waals surface area (Å²) in [5, 5.41) is 0. The summed E-state index contributed by atoms with van der Waals surface area (Å²) in [5.74, 6) is 0.979. The highest BCUT2D eigenvalue weighted by molar-refractivity contribution is 5.58. The number of nitrogens with two attached hydrogens (primary N) is 1. The van der Waals surface area contributed by atoms with Crippen LogP contribution in [0.1, 0.15) is 25.7 Å². The number of ether oxygens (including phenoxy) is 1. The van der Waals surface area contributed by atoms with E-state index >= 15 is 0 Å². The van der Waals surface area contributed by atoms with Gasteiger partial charge < -0.3 is 15.4 Å². The minimum absolute atomic E-state index is 0.831. The van der Waals surface area contributed by atoms with Crippen LogP contribution in [-0.2, 0) is 0 Å². The molecule has 0 atom stereocenters. The number of hydrogen-bond donors (Lipinski definition) is 1. The number of methoxy groups -OCH3 is 1. The van der Waals surface area contributed by atoms with Crippen LogP contribution >= 0.6 is 0 Å². The largest absolute Gasteiger partial charge is 0.495 e. The molecular formula is C17H29N3O. The Labute approximate surface area is 128 Å². The normalized spacial score (nSPS) is 16.2. The minimum atomic E-state index is 0.831. The van der Waals surface area contributed by atoms with Gasteiger partial charge in [0.15, 0.2) is 0 Å². The van der Waals surface area contributed by atoms with Crippen LogP contribution in [-0.4, -0.2) is 51.3 Å². The average molecular weight is 291 g/mol. The van der Waals surface area contributed by atoms with Gasteiger partial charge in [0.25, 0.3) is 0 Å². The molecule has 118 valence electrons. The van der Waals surface area contributed by atoms with Gasteiger partial charge in [-0.2, -0.15) is 0 Å². The van der Waals surface area contributed by atoms with Crippen LogP contribution in [0.25, 0.3) is 0 Å². The standard InChI is InChI=1S/C17H29N3O/c1-21-17-9-5-4-8-16(17)20-14-12-19(13-15-20)11-7-3-2-6-10-18/h4-5,8-9H,2-3,6-7,10-15,18H2,1H3. The van der Waals surface area contributed by atoms with E-state index in [-0.39, 0.29) is 0 Å². The molecule has 0 radical (unpaired) electrons. The zero-order chi connectivity index (χ0) is 14.9. The lowest BCUT2D eigenvalue weighted by Gasteiger charge is -2.36. The molecule has 0 amide bonds. The second-order valence-corrected chi connectivity index (χ2v) is 5.70. The molecule has 1 heterocycles. The van der Waals surface area contributed by atoms with Gasteiger partial charge in [0.1, 0.15) is 5.75 Å². The van der Waals surface area contributed by atoms with Crippen LogP contribution in [0.5, 0.6) is 5.75 Å². The summed E-state index contributed by atoms with van der Waals surface area (Å²) in [7, 11) is 1.75. The molecule has 0 aromatic heterocycles. The fourth-order valence-corrected chi connectivity index (χ4v) is 2.94. The van der Waals surface area contributed by atoms with Crippen molar-refractivity contribution < 1.29 is 4.74 Å². The van der Waals surface area contributed by atoms with E-state index in [9.17, 15) is 0 Å². The van der Waals surface area contributed by atoms with Crippen molar-refractivity contribution >= 4 is 5.69 Å². The van der Waals surface area contributed by atoms with E-state index in [1.807, 2.05) is 12.1 Å². The van der Waals surface area contributed by atoms with Crippen LogP contribution in [0.15, 0.2) is 24.3 Å². The second kappa shape index (κ2) is 8.90. The maximum Gasteiger partial charge on any atom is 0.142 e. The molecule has 2 N–H and O–H groups in total. The maximum absolute atomic E-state index is 5.52. The van der Waals surface area contributed by atoms with Crippen LogP contribution in [0.4, 0.5) is 5.69 Å². The van der Waals surface area contributed by atoms with Crippen LogP contribution in [0, 0.1) is 0 Å². The number of unbranched alkanes of at least 4 members (excludes halogenated alkanes) is 3. The van der Waals surface area contributed by atoms with Gasteiger partial charge in [-0.15, -0.1) is 0 Å². The molecule has 1 aromatic rings. The molecule has 0 saturated carbocycles. The lowest BCUT2D eigenvalue weighted by Crippen LogP contribution is -2.46. The molecule has 1 fully saturated rings. The van der Waals surface area contributed by atoms with Crippen molar-refractivity contribution in [2.45, 2.75) is 25.7 Å². The average Bonchev–Trinajstić information content (AvgIpc) is 2.55. The van der Waals surface area contributed by atoms with E-state index in [1.54, 1.807) is 7.11 Å². The van der Waals surface area contributed by atoms with Crippen molar-refractivity contribution in [1.82, 2.24) is 4.90 Å². The summed E-state index contributed by atoms with van der Waals surface area (Å²) in [5.41, 5.74) is 6.75. The van der Waals surface area contributed by atoms with Gasteiger partial charge in [-0.25, -0.2) is 0 Å². The monoisotopic (exact) mass is 291 g/mol. The molecular weight excluding hydrogens is 262 g/mol. The van der Waals surface area contributed by atoms with Crippen molar-refractivity contribution in [3.05, 3.63) is 24.3 Å². The third-order valence-corrected chi connectivity index (χ3v) is 4.23. The Morgan fingerprint density at radius 2 is 1.71 bits per heavy atom. The highest BCUT2D eigenvalue weighted by atomic mass is 16.5. The maximum atomic E-state index is 5.52. The summed E-state index contributed by atoms with van der Waals surface area (Å²) in [6.07, 6.45) is 5.05. The summed E-state index contributed by atoms with van der Waals surface area (Å²) in [6.45, 7) is 6.53. The molecule has 0 spiro atoms. The third-order valence-electron chi connectivity index (χ3n) is 4.23. The van der Waals surface area contributed by atoms with E-state index in [1.165, 1.54) is 37.9 Å². The van der Waals surface area contributed by atoms with Crippen LogP contribution in [0.2, 0.25) is 0 Å². The van der Waals surface area contributed by atoms with E-state index in [0.29, 0.717) is 0 Å². The molecule has 4 nitrogen and oxygen atoms in total. The zero-order valence-corrected chi connectivity index (χ0v) is 13.3. The second-order valence-electron chi connectivity index (χ2n) is 5.70. The SMILES string of the molecule is COc1ccccc1N1CCN(CCCCCCN)CC1. The molecule has 1 aliphatic rings. The molecule has 0 unspecified atom stereocenters. The van der Waals surface area contributed by atoms with Gasteiger partial charge in [-0.3, -0.25) is 4.90 Å². The Morgan fingerprint density at radius 3 is 2.43 bits per heavy atom. The highest BCUT2D eigenvalue weighted by Gasteiger charge is 2.18. The van der Waals surface area contributed by atoms with E-state index in [0.717, 1.165) is 38.5 Å². The number of hydrogen-bond acceptors (Lipinski definition) is 4. The number of para-hydroxylation sites is 2. The lowest BCUT2D eigenvalue weighted by atomic mass is 10.1. The molecule has 2 rings (SSSR count). The van der Waals surface area contributed by atoms with Gasteiger partial charge in [0.2, 0.25) is 0 Å². The van der Waals surface area contributed by atoms with Crippen molar-refractivity contribution in [1.29, 1.82) is 0 Å². The van der Waals surface area contributed by atoms with Gasteiger partial charge in [-0.1, -0.05) is 25.0 Å². The summed E-state index contributed by atoms with van der Waals surface area (Å²) >= 11 is 0. The number of rotatable bonds is 8. The number of nitrogens with zero attached hydrogens (tertiary/aromatic N) is 2. The van der Waals surface area contributed by atoms with E-state index in [2.05, 4.69) is 21.9 Å². The molecule has 4 heteroatoms. The van der Waals surface area contributed by atoms with Crippen LogP contribution < -0.4 is 15.4 Å². The number of benzene rings is 1. The molecule has 21 heavy (non-hydrogen) atoms. The highest BCUT2D eigenvalue weighted by Crippen LogP contribution is 2.28. The first kappa shape index (κ1) is 16.1.